The predicted octanol–water partition coefficient (Wildman–Crippen LogP) is 4.68. The van der Waals surface area contributed by atoms with E-state index in [1.807, 2.05) is 6.07 Å². The van der Waals surface area contributed by atoms with Crippen LogP contribution in [0.5, 0.6) is 0 Å². The van der Waals surface area contributed by atoms with E-state index < -0.39 is 22.5 Å². The van der Waals surface area contributed by atoms with Crippen molar-refractivity contribution in [3.05, 3.63) is 46.5 Å². The number of carbonyl (C=O) groups is 2. The Morgan fingerprint density at radius 2 is 1.79 bits per heavy atom. The lowest BCUT2D eigenvalue weighted by Gasteiger charge is -2.54. The zero-order valence-corrected chi connectivity index (χ0v) is 19.4. The number of aliphatic hydroxyl groups is 1. The second-order valence-electron chi connectivity index (χ2n) is 9.79. The summed E-state index contributed by atoms with van der Waals surface area (Å²) in [6.07, 6.45) is 6.24. The van der Waals surface area contributed by atoms with Crippen molar-refractivity contribution in [2.24, 2.45) is 10.8 Å². The van der Waals surface area contributed by atoms with Gasteiger partial charge < -0.3 is 5.11 Å². The largest absolute Gasteiger partial charge is 0.369 e. The maximum absolute atomic E-state index is 14.4. The van der Waals surface area contributed by atoms with Gasteiger partial charge in [0.05, 0.1) is 28.0 Å². The number of amides is 1. The average Bonchev–Trinajstić information content (AvgIpc) is 3.15. The van der Waals surface area contributed by atoms with E-state index in [2.05, 4.69) is 12.1 Å². The van der Waals surface area contributed by atoms with Crippen LogP contribution in [-0.2, 0) is 4.79 Å². The summed E-state index contributed by atoms with van der Waals surface area (Å²) in [7, 11) is 0. The molecule has 1 N–H and O–H groups in total. The van der Waals surface area contributed by atoms with Crippen molar-refractivity contribution in [2.45, 2.75) is 75.2 Å². The molecule has 0 bridgehead atoms. The Bertz CT molecular complexity index is 1110. The van der Waals surface area contributed by atoms with Gasteiger partial charge in [-0.15, -0.1) is 0 Å². The van der Waals surface area contributed by atoms with E-state index in [1.54, 1.807) is 24.3 Å². The number of rotatable bonds is 3. The molecule has 4 aliphatic rings. The lowest BCUT2D eigenvalue weighted by molar-refractivity contribution is -0.171. The standard InChI is InChI=1S/C26H27N3O3S/c27-16-19-22-29(26(32)14-8-5-11-21(26)33-22)23(31)25(17-28,24(19)12-6-2-7-13-24)15-20(30)18-9-3-1-4-10-18/h1,3-4,9-10,21,32H,2,5-8,11-15H2. The molecule has 170 valence electrons. The van der Waals surface area contributed by atoms with Gasteiger partial charge in [0.2, 0.25) is 0 Å². The van der Waals surface area contributed by atoms with E-state index in [-0.39, 0.29) is 17.5 Å². The molecule has 33 heavy (non-hydrogen) atoms. The number of nitrogens with zero attached hydrogens (tertiary/aromatic N) is 3. The molecule has 1 spiro atoms. The molecule has 3 unspecified atom stereocenters. The first-order valence-electron chi connectivity index (χ1n) is 11.8. The fourth-order valence-electron chi connectivity index (χ4n) is 6.52. The van der Waals surface area contributed by atoms with Gasteiger partial charge in [0.1, 0.15) is 0 Å². The Morgan fingerprint density at radius 3 is 2.45 bits per heavy atom. The van der Waals surface area contributed by atoms with Gasteiger partial charge in [0.25, 0.3) is 5.91 Å². The molecule has 1 amide bonds. The minimum absolute atomic E-state index is 0.214. The minimum atomic E-state index is -1.71. The van der Waals surface area contributed by atoms with E-state index in [4.69, 9.17) is 0 Å². The fourth-order valence-corrected chi connectivity index (χ4v) is 8.20. The number of ketones is 1. The number of hydrogen-bond donors (Lipinski definition) is 1. The van der Waals surface area contributed by atoms with Crippen LogP contribution in [-0.4, -0.2) is 32.7 Å². The third kappa shape index (κ3) is 2.95. The lowest BCUT2D eigenvalue weighted by Crippen LogP contribution is -2.64. The van der Waals surface area contributed by atoms with Crippen LogP contribution < -0.4 is 0 Å². The average molecular weight is 462 g/mol. The molecule has 0 aromatic heterocycles. The quantitative estimate of drug-likeness (QED) is 0.656. The molecule has 3 fully saturated rings. The highest BCUT2D eigenvalue weighted by molar-refractivity contribution is 8.04. The highest BCUT2D eigenvalue weighted by atomic mass is 32.2. The van der Waals surface area contributed by atoms with Gasteiger partial charge in [-0.05, 0) is 32.1 Å². The summed E-state index contributed by atoms with van der Waals surface area (Å²) in [5, 5.41) is 33.1. The zero-order valence-electron chi connectivity index (χ0n) is 18.5. The number of fused-ring (bicyclic) bond motifs is 3. The van der Waals surface area contributed by atoms with Crippen LogP contribution in [0, 0.1) is 33.5 Å². The van der Waals surface area contributed by atoms with Gasteiger partial charge in [-0.1, -0.05) is 67.8 Å². The predicted molar refractivity (Wildman–Crippen MR) is 123 cm³/mol. The second-order valence-corrected chi connectivity index (χ2v) is 11.0. The summed E-state index contributed by atoms with van der Waals surface area (Å²) >= 11 is 1.43. The van der Waals surface area contributed by atoms with Crippen molar-refractivity contribution in [1.29, 1.82) is 10.5 Å². The molecule has 1 aromatic rings. The molecule has 1 saturated heterocycles. The summed E-state index contributed by atoms with van der Waals surface area (Å²) in [5.74, 6) is -0.778. The number of thioether (sulfide) groups is 1. The maximum atomic E-state index is 14.4. The molecule has 1 aromatic carbocycles. The minimum Gasteiger partial charge on any atom is -0.369 e. The van der Waals surface area contributed by atoms with Crippen molar-refractivity contribution >= 4 is 23.5 Å². The van der Waals surface area contributed by atoms with Crippen LogP contribution in [0.25, 0.3) is 0 Å². The van der Waals surface area contributed by atoms with Gasteiger partial charge >= 0.3 is 0 Å². The normalized spacial score (nSPS) is 32.6. The molecule has 2 aliphatic carbocycles. The van der Waals surface area contributed by atoms with Gasteiger partial charge in [-0.2, -0.15) is 10.5 Å². The first-order chi connectivity index (χ1) is 15.9. The Morgan fingerprint density at radius 1 is 1.09 bits per heavy atom. The maximum Gasteiger partial charge on any atom is 0.251 e. The summed E-state index contributed by atoms with van der Waals surface area (Å²) in [5.41, 5.74) is -3.25. The van der Waals surface area contributed by atoms with Crippen LogP contribution in [0.15, 0.2) is 40.9 Å². The molecule has 2 aliphatic heterocycles. The van der Waals surface area contributed by atoms with E-state index in [0.29, 0.717) is 35.4 Å². The van der Waals surface area contributed by atoms with E-state index >= 15 is 0 Å². The number of Topliss-reactive ketones (excluding diaryl/α,β-unsaturated/α-hetero) is 1. The topological polar surface area (TPSA) is 105 Å². The Balaban J connectivity index is 1.71. The number of carbonyl (C=O) groups excluding carboxylic acids is 2. The van der Waals surface area contributed by atoms with E-state index in [0.717, 1.165) is 38.5 Å². The molecule has 6 nitrogen and oxygen atoms in total. The number of benzene rings is 1. The molecular weight excluding hydrogens is 434 g/mol. The van der Waals surface area contributed by atoms with Crippen LogP contribution in [0.1, 0.15) is 74.6 Å². The Labute approximate surface area is 198 Å². The third-order valence-corrected chi connectivity index (χ3v) is 9.74. The number of nitriles is 2. The van der Waals surface area contributed by atoms with Gasteiger partial charge in [0, 0.05) is 17.4 Å². The molecule has 7 heteroatoms. The van der Waals surface area contributed by atoms with E-state index in [1.165, 1.54) is 16.7 Å². The van der Waals surface area contributed by atoms with Crippen LogP contribution >= 0.6 is 11.8 Å². The molecule has 3 atom stereocenters. The highest BCUT2D eigenvalue weighted by Gasteiger charge is 2.70. The van der Waals surface area contributed by atoms with Crippen LogP contribution in [0.2, 0.25) is 0 Å². The van der Waals surface area contributed by atoms with Crippen molar-refractivity contribution in [3.63, 3.8) is 0 Å². The molecule has 2 saturated carbocycles. The number of hydrogen-bond acceptors (Lipinski definition) is 6. The zero-order chi connectivity index (χ0) is 23.3. The van der Waals surface area contributed by atoms with Gasteiger partial charge in [-0.25, -0.2) is 0 Å². The second kappa shape index (κ2) is 8.01. The van der Waals surface area contributed by atoms with Gasteiger partial charge in [-0.3, -0.25) is 14.5 Å². The van der Waals surface area contributed by atoms with E-state index in [9.17, 15) is 25.2 Å². The first kappa shape index (κ1) is 22.2. The third-order valence-electron chi connectivity index (χ3n) is 8.23. The molecule has 5 rings (SSSR count). The van der Waals surface area contributed by atoms with Crippen LogP contribution in [0.4, 0.5) is 0 Å². The van der Waals surface area contributed by atoms with Crippen molar-refractivity contribution in [3.8, 4) is 12.1 Å². The monoisotopic (exact) mass is 461 g/mol. The highest BCUT2D eigenvalue weighted by Crippen LogP contribution is 2.66. The first-order valence-corrected chi connectivity index (χ1v) is 12.7. The fraction of sp³-hybridized carbons (Fsp3) is 0.538. The van der Waals surface area contributed by atoms with Crippen LogP contribution in [0.3, 0.4) is 0 Å². The summed E-state index contributed by atoms with van der Waals surface area (Å²) in [4.78, 5) is 29.1. The summed E-state index contributed by atoms with van der Waals surface area (Å²) in [6.45, 7) is 0. The number of allylic oxidation sites excluding steroid dienone is 1. The van der Waals surface area contributed by atoms with Crippen molar-refractivity contribution in [2.75, 3.05) is 0 Å². The molecule has 2 heterocycles. The summed E-state index contributed by atoms with van der Waals surface area (Å²) in [6, 6.07) is 13.4. The Kier molecular flexibility index (Phi) is 5.39. The molecular formula is C26H27N3O3S. The SMILES string of the molecule is N#CC1=C2SC3CCCCC3(O)N2C(=O)C(C#N)(CC(=O)c2ccccc2)C12CCCCC2. The smallest absolute Gasteiger partial charge is 0.251 e. The Hall–Kier alpha value is -2.61. The van der Waals surface area contributed by atoms with Gasteiger partial charge in [0.15, 0.2) is 16.9 Å². The van der Waals surface area contributed by atoms with Crippen molar-refractivity contribution in [1.82, 2.24) is 4.90 Å². The summed E-state index contributed by atoms with van der Waals surface area (Å²) < 4.78 is 0. The molecule has 0 radical (unpaired) electrons. The van der Waals surface area contributed by atoms with Crippen molar-refractivity contribution < 1.29 is 14.7 Å². The lowest BCUT2D eigenvalue weighted by atomic mass is 9.51.